The first-order valence-corrected chi connectivity index (χ1v) is 14.6. The molecule has 1 aliphatic heterocycles. The molecule has 0 unspecified atom stereocenters. The Morgan fingerprint density at radius 1 is 1.00 bits per heavy atom. The van der Waals surface area contributed by atoms with Gasteiger partial charge in [-0.25, -0.2) is 16.8 Å². The second-order valence-corrected chi connectivity index (χ2v) is 12.6. The van der Waals surface area contributed by atoms with Crippen molar-refractivity contribution in [2.75, 3.05) is 37.4 Å². The highest BCUT2D eigenvalue weighted by molar-refractivity contribution is 7.91. The van der Waals surface area contributed by atoms with Crippen LogP contribution in [0.5, 0.6) is 0 Å². The number of amides is 2. The van der Waals surface area contributed by atoms with Crippen molar-refractivity contribution >= 4 is 31.5 Å². The summed E-state index contributed by atoms with van der Waals surface area (Å²) in [5.74, 6) is -0.885. The third-order valence-electron chi connectivity index (χ3n) is 5.72. The van der Waals surface area contributed by atoms with Crippen molar-refractivity contribution in [2.24, 2.45) is 5.73 Å². The van der Waals surface area contributed by atoms with Gasteiger partial charge in [-0.15, -0.1) is 0 Å². The Morgan fingerprint density at radius 3 is 2.03 bits per heavy atom. The highest BCUT2D eigenvalue weighted by atomic mass is 32.2. The number of carbonyl (C=O) groups excluding carboxylic acids is 2. The summed E-state index contributed by atoms with van der Waals surface area (Å²) in [5, 5.41) is 2.77. The maximum Gasteiger partial charge on any atom is 0.251 e. The van der Waals surface area contributed by atoms with Crippen molar-refractivity contribution < 1.29 is 26.4 Å². The van der Waals surface area contributed by atoms with E-state index in [1.807, 2.05) is 0 Å². The van der Waals surface area contributed by atoms with Crippen LogP contribution in [0.25, 0.3) is 11.1 Å². The summed E-state index contributed by atoms with van der Waals surface area (Å²) in [7, 11) is -6.41. The van der Waals surface area contributed by atoms with Crippen molar-refractivity contribution in [3.63, 3.8) is 0 Å². The van der Waals surface area contributed by atoms with E-state index in [-0.39, 0.29) is 35.4 Å². The van der Waals surface area contributed by atoms with E-state index in [0.717, 1.165) is 17.4 Å². The lowest BCUT2D eigenvalue weighted by molar-refractivity contribution is -0.133. The molecule has 3 N–H and O–H groups in total. The maximum absolute atomic E-state index is 13.0. The normalized spacial score (nSPS) is 16.6. The zero-order valence-corrected chi connectivity index (χ0v) is 20.6. The number of hydrogen-bond acceptors (Lipinski definition) is 7. The Balaban J connectivity index is 1.69. The van der Waals surface area contributed by atoms with Gasteiger partial charge in [-0.1, -0.05) is 24.3 Å². The Labute approximate surface area is 200 Å². The summed E-state index contributed by atoms with van der Waals surface area (Å²) in [4.78, 5) is 27.5. The molecule has 2 aromatic carbocycles. The summed E-state index contributed by atoms with van der Waals surface area (Å²) in [5.41, 5.74) is 7.56. The highest BCUT2D eigenvalue weighted by Crippen LogP contribution is 2.22. The van der Waals surface area contributed by atoms with E-state index < -0.39 is 31.6 Å². The second-order valence-electron chi connectivity index (χ2n) is 8.31. The van der Waals surface area contributed by atoms with E-state index in [2.05, 4.69) is 5.32 Å². The molecule has 34 heavy (non-hydrogen) atoms. The molecule has 3 rings (SSSR count). The molecule has 0 saturated carbocycles. The maximum atomic E-state index is 13.0. The lowest BCUT2D eigenvalue weighted by Crippen LogP contribution is -2.53. The predicted octanol–water partition coefficient (Wildman–Crippen LogP) is 0.851. The SMILES string of the molecule is CS(=O)(=O)c1ccc(-c2ccc(C(=O)N[C@@H](CCCN)C(=O)N3CCS(=O)(=O)CC3)cc2)cc1. The third kappa shape index (κ3) is 6.64. The monoisotopic (exact) mass is 507 g/mol. The van der Waals surface area contributed by atoms with Crippen LogP contribution < -0.4 is 11.1 Å². The largest absolute Gasteiger partial charge is 0.340 e. The fraction of sp³-hybridized carbons (Fsp3) is 0.391. The topological polar surface area (TPSA) is 144 Å². The van der Waals surface area contributed by atoms with Crippen molar-refractivity contribution in [1.82, 2.24) is 10.2 Å². The number of nitrogens with one attached hydrogen (secondary N) is 1. The van der Waals surface area contributed by atoms with Crippen LogP contribution >= 0.6 is 0 Å². The van der Waals surface area contributed by atoms with Crippen molar-refractivity contribution in [2.45, 2.75) is 23.8 Å². The molecule has 9 nitrogen and oxygen atoms in total. The van der Waals surface area contributed by atoms with Gasteiger partial charge >= 0.3 is 0 Å². The van der Waals surface area contributed by atoms with E-state index >= 15 is 0 Å². The van der Waals surface area contributed by atoms with E-state index in [4.69, 9.17) is 5.73 Å². The molecule has 11 heteroatoms. The number of benzene rings is 2. The molecular weight excluding hydrogens is 478 g/mol. The fourth-order valence-electron chi connectivity index (χ4n) is 3.68. The molecule has 0 aromatic heterocycles. The molecule has 1 saturated heterocycles. The minimum Gasteiger partial charge on any atom is -0.340 e. The van der Waals surface area contributed by atoms with Gasteiger partial charge in [-0.2, -0.15) is 0 Å². The molecule has 2 amide bonds. The van der Waals surface area contributed by atoms with Gasteiger partial charge in [0.2, 0.25) is 5.91 Å². The van der Waals surface area contributed by atoms with E-state index in [1.165, 1.54) is 17.0 Å². The quantitative estimate of drug-likeness (QED) is 0.539. The van der Waals surface area contributed by atoms with Gasteiger partial charge in [0.1, 0.15) is 6.04 Å². The van der Waals surface area contributed by atoms with Gasteiger partial charge in [-0.3, -0.25) is 9.59 Å². The van der Waals surface area contributed by atoms with E-state index in [9.17, 15) is 26.4 Å². The molecule has 0 aliphatic carbocycles. The molecular formula is C23H29N3O6S2. The summed E-state index contributed by atoms with van der Waals surface area (Å²) >= 11 is 0. The van der Waals surface area contributed by atoms with Crippen molar-refractivity contribution in [1.29, 1.82) is 0 Å². The third-order valence-corrected chi connectivity index (χ3v) is 8.46. The molecule has 1 heterocycles. The fourth-order valence-corrected chi connectivity index (χ4v) is 5.51. The predicted molar refractivity (Wildman–Crippen MR) is 130 cm³/mol. The lowest BCUT2D eigenvalue weighted by atomic mass is 10.0. The van der Waals surface area contributed by atoms with Crippen LogP contribution in [0.15, 0.2) is 53.4 Å². The van der Waals surface area contributed by atoms with Gasteiger partial charge < -0.3 is 16.0 Å². The second kappa shape index (κ2) is 10.7. The van der Waals surface area contributed by atoms with Crippen LogP contribution in [0.2, 0.25) is 0 Å². The van der Waals surface area contributed by atoms with Crippen molar-refractivity contribution in [3.05, 3.63) is 54.1 Å². The zero-order valence-electron chi connectivity index (χ0n) is 18.9. The number of rotatable bonds is 8. The van der Waals surface area contributed by atoms with Gasteiger partial charge in [0.15, 0.2) is 19.7 Å². The first-order chi connectivity index (χ1) is 16.0. The Kier molecular flexibility index (Phi) is 8.11. The highest BCUT2D eigenvalue weighted by Gasteiger charge is 2.30. The molecule has 0 bridgehead atoms. The summed E-state index contributed by atoms with van der Waals surface area (Å²) < 4.78 is 46.6. The molecule has 2 aromatic rings. The minimum absolute atomic E-state index is 0.0804. The van der Waals surface area contributed by atoms with Gasteiger partial charge in [0, 0.05) is 24.9 Å². The molecule has 1 atom stereocenters. The number of nitrogens with two attached hydrogens (primary N) is 1. The van der Waals surface area contributed by atoms with Crippen LogP contribution in [0.1, 0.15) is 23.2 Å². The van der Waals surface area contributed by atoms with Gasteiger partial charge in [0.05, 0.1) is 16.4 Å². The smallest absolute Gasteiger partial charge is 0.251 e. The number of hydrogen-bond donors (Lipinski definition) is 2. The molecule has 1 fully saturated rings. The number of carbonyl (C=O) groups is 2. The van der Waals surface area contributed by atoms with Crippen LogP contribution in [-0.4, -0.2) is 77.0 Å². The first-order valence-electron chi connectivity index (χ1n) is 10.9. The number of sulfone groups is 2. The number of nitrogens with zero attached hydrogens (tertiary/aromatic N) is 1. The lowest BCUT2D eigenvalue weighted by Gasteiger charge is -2.30. The summed E-state index contributed by atoms with van der Waals surface area (Å²) in [6.45, 7) is 0.590. The minimum atomic E-state index is -3.28. The van der Waals surface area contributed by atoms with Crippen LogP contribution in [0.4, 0.5) is 0 Å². The Hall–Kier alpha value is -2.76. The summed E-state index contributed by atoms with van der Waals surface area (Å²) in [6, 6.07) is 12.4. The summed E-state index contributed by atoms with van der Waals surface area (Å²) in [6.07, 6.45) is 2.04. The zero-order chi connectivity index (χ0) is 24.9. The molecule has 1 aliphatic rings. The van der Waals surface area contributed by atoms with Crippen molar-refractivity contribution in [3.8, 4) is 11.1 Å². The average molecular weight is 508 g/mol. The molecule has 0 radical (unpaired) electrons. The van der Waals surface area contributed by atoms with Gasteiger partial charge in [-0.05, 0) is 54.8 Å². The van der Waals surface area contributed by atoms with E-state index in [0.29, 0.717) is 24.9 Å². The van der Waals surface area contributed by atoms with Gasteiger partial charge in [0.25, 0.3) is 5.91 Å². The standard InChI is InChI=1S/C23H29N3O6S2/c1-33(29,30)20-10-8-18(9-11-20)17-4-6-19(7-5-17)22(27)25-21(3-2-12-24)23(28)26-13-15-34(31,32)16-14-26/h4-11,21H,2-3,12-16,24H2,1H3,(H,25,27)/t21-/m0/s1. The first kappa shape index (κ1) is 25.9. The Morgan fingerprint density at radius 2 is 1.53 bits per heavy atom. The average Bonchev–Trinajstić information content (AvgIpc) is 2.81. The molecule has 184 valence electrons. The van der Waals surface area contributed by atoms with Crippen LogP contribution in [0, 0.1) is 0 Å². The molecule has 0 spiro atoms. The van der Waals surface area contributed by atoms with E-state index in [1.54, 1.807) is 36.4 Å². The van der Waals surface area contributed by atoms with Crippen LogP contribution in [0.3, 0.4) is 0 Å². The Bertz CT molecular complexity index is 1230. The van der Waals surface area contributed by atoms with Crippen LogP contribution in [-0.2, 0) is 24.5 Å².